The van der Waals surface area contributed by atoms with Crippen molar-refractivity contribution >= 4 is 17.7 Å². The highest BCUT2D eigenvalue weighted by Gasteiger charge is 2.23. The molecular formula is C19H27N5O3S. The highest BCUT2D eigenvalue weighted by Crippen LogP contribution is 2.24. The van der Waals surface area contributed by atoms with Crippen molar-refractivity contribution in [2.45, 2.75) is 50.4 Å². The van der Waals surface area contributed by atoms with Crippen LogP contribution in [0.3, 0.4) is 0 Å². The van der Waals surface area contributed by atoms with Crippen molar-refractivity contribution in [2.75, 3.05) is 18.7 Å². The largest absolute Gasteiger partial charge is 0.497 e. The minimum absolute atomic E-state index is 0.000862. The van der Waals surface area contributed by atoms with Gasteiger partial charge in [0.2, 0.25) is 11.1 Å². The van der Waals surface area contributed by atoms with E-state index in [1.54, 1.807) is 13.2 Å². The molecule has 0 radical (unpaired) electrons. The predicted octanol–water partition coefficient (Wildman–Crippen LogP) is 2.37. The normalized spacial score (nSPS) is 19.2. The first-order chi connectivity index (χ1) is 13.6. The molecule has 1 fully saturated rings. The molecule has 0 saturated heterocycles. The van der Waals surface area contributed by atoms with Crippen molar-refractivity contribution in [1.82, 2.24) is 20.2 Å². The van der Waals surface area contributed by atoms with Gasteiger partial charge >= 0.3 is 0 Å². The first-order valence-electron chi connectivity index (χ1n) is 9.45. The lowest BCUT2D eigenvalue weighted by molar-refractivity contribution is -0.119. The van der Waals surface area contributed by atoms with Crippen LogP contribution in [0.1, 0.15) is 38.4 Å². The number of rotatable bonds is 8. The van der Waals surface area contributed by atoms with Gasteiger partial charge in [-0.25, -0.2) is 4.68 Å². The second kappa shape index (κ2) is 9.68. The van der Waals surface area contributed by atoms with Crippen LogP contribution in [0.15, 0.2) is 29.4 Å². The number of nitrogens with zero attached hydrogens (tertiary/aromatic N) is 3. The Morgan fingerprint density at radius 2 is 2.11 bits per heavy atom. The molecule has 1 aromatic heterocycles. The van der Waals surface area contributed by atoms with Crippen LogP contribution in [0, 0.1) is 5.92 Å². The third kappa shape index (κ3) is 5.31. The van der Waals surface area contributed by atoms with E-state index in [0.29, 0.717) is 28.4 Å². The predicted molar refractivity (Wildman–Crippen MR) is 108 cm³/mol. The van der Waals surface area contributed by atoms with Gasteiger partial charge in [-0.05, 0) is 30.9 Å². The molecule has 1 aromatic carbocycles. The van der Waals surface area contributed by atoms with Gasteiger partial charge in [0.25, 0.3) is 0 Å². The van der Waals surface area contributed by atoms with Crippen molar-refractivity contribution in [3.8, 4) is 11.5 Å². The Hall–Kier alpha value is -2.42. The molecule has 9 heteroatoms. The maximum atomic E-state index is 12.3. The molecule has 1 saturated carbocycles. The third-order valence-corrected chi connectivity index (χ3v) is 5.88. The zero-order chi connectivity index (χ0) is 19.9. The Morgan fingerprint density at radius 3 is 2.89 bits per heavy atom. The van der Waals surface area contributed by atoms with Crippen molar-refractivity contribution in [3.63, 3.8) is 0 Å². The Labute approximate surface area is 169 Å². The summed E-state index contributed by atoms with van der Waals surface area (Å²) in [5.41, 5.74) is 0. The Morgan fingerprint density at radius 1 is 1.32 bits per heavy atom. The number of thioether (sulfide) groups is 1. The van der Waals surface area contributed by atoms with Gasteiger partial charge in [-0.2, -0.15) is 0 Å². The lowest BCUT2D eigenvalue weighted by Gasteiger charge is -2.29. The summed E-state index contributed by atoms with van der Waals surface area (Å²) in [5, 5.41) is 11.7. The molecule has 1 aliphatic carbocycles. The summed E-state index contributed by atoms with van der Waals surface area (Å²) < 4.78 is 12.2. The molecule has 8 nitrogen and oxygen atoms in total. The molecule has 152 valence electrons. The number of carbonyl (C=O) groups is 1. The fraction of sp³-hybridized carbons (Fsp3) is 0.526. The van der Waals surface area contributed by atoms with Crippen LogP contribution in [-0.4, -0.2) is 39.7 Å². The van der Waals surface area contributed by atoms with E-state index in [2.05, 4.69) is 22.4 Å². The van der Waals surface area contributed by atoms with Crippen molar-refractivity contribution < 1.29 is 14.3 Å². The van der Waals surface area contributed by atoms with Crippen LogP contribution >= 0.6 is 11.8 Å². The van der Waals surface area contributed by atoms with Crippen molar-refractivity contribution in [2.24, 2.45) is 5.92 Å². The molecule has 1 amide bonds. The highest BCUT2D eigenvalue weighted by molar-refractivity contribution is 7.99. The number of amides is 1. The molecule has 2 aromatic rings. The summed E-state index contributed by atoms with van der Waals surface area (Å²) in [4.78, 5) is 12.3. The molecule has 1 aliphatic rings. The maximum absolute atomic E-state index is 12.3. The minimum atomic E-state index is 0.000862. The van der Waals surface area contributed by atoms with E-state index < -0.39 is 0 Å². The monoisotopic (exact) mass is 405 g/mol. The van der Waals surface area contributed by atoms with Crippen LogP contribution in [0.4, 0.5) is 0 Å². The summed E-state index contributed by atoms with van der Waals surface area (Å²) in [6.07, 6.45) is 4.65. The number of nitrogens with one attached hydrogen (secondary N) is 1. The average molecular weight is 406 g/mol. The maximum Gasteiger partial charge on any atom is 0.230 e. The van der Waals surface area contributed by atoms with Crippen LogP contribution in [-0.2, 0) is 11.4 Å². The van der Waals surface area contributed by atoms with E-state index in [0.717, 1.165) is 6.42 Å². The fourth-order valence-corrected chi connectivity index (χ4v) is 3.94. The minimum Gasteiger partial charge on any atom is -0.497 e. The highest BCUT2D eigenvalue weighted by atomic mass is 32.2. The average Bonchev–Trinajstić information content (AvgIpc) is 3.06. The number of hydrogen-bond donors (Lipinski definition) is 2. The van der Waals surface area contributed by atoms with Crippen LogP contribution in [0.5, 0.6) is 11.5 Å². The fourth-order valence-electron chi connectivity index (χ4n) is 3.25. The standard InChI is InChI=1S/C19H27N5O3S/c1-13-6-3-4-9-16(13)21-18(25)12-28-19-23-22-17(24(19)20)11-27-15-8-5-7-14(10-15)26-2/h5,7-8,10,13,16H,3-4,6,9,11-12,20H2,1-2H3,(H,21,25)/t13-,16-/m1/s1. The summed E-state index contributed by atoms with van der Waals surface area (Å²) in [5.74, 6) is 8.68. The number of methoxy groups -OCH3 is 1. The Balaban J connectivity index is 1.49. The van der Waals surface area contributed by atoms with Crippen molar-refractivity contribution in [1.29, 1.82) is 0 Å². The van der Waals surface area contributed by atoms with E-state index in [4.69, 9.17) is 15.3 Å². The van der Waals surface area contributed by atoms with E-state index in [1.165, 1.54) is 35.7 Å². The summed E-state index contributed by atoms with van der Waals surface area (Å²) in [6.45, 7) is 2.37. The molecule has 3 rings (SSSR count). The molecule has 0 spiro atoms. The Bertz CT molecular complexity index is 798. The molecule has 1 heterocycles. The molecule has 3 N–H and O–H groups in total. The zero-order valence-electron chi connectivity index (χ0n) is 16.3. The molecule has 0 unspecified atom stereocenters. The van der Waals surface area contributed by atoms with E-state index in [9.17, 15) is 4.79 Å². The first kappa shape index (κ1) is 20.3. The summed E-state index contributed by atoms with van der Waals surface area (Å²) in [7, 11) is 1.60. The van der Waals surface area contributed by atoms with Gasteiger partial charge in [0.15, 0.2) is 5.82 Å². The number of hydrogen-bond acceptors (Lipinski definition) is 7. The lowest BCUT2D eigenvalue weighted by Crippen LogP contribution is -2.41. The van der Waals surface area contributed by atoms with Gasteiger partial charge < -0.3 is 20.6 Å². The number of aromatic nitrogens is 3. The summed E-state index contributed by atoms with van der Waals surface area (Å²) >= 11 is 1.27. The number of nitrogens with two attached hydrogens (primary N) is 1. The number of carbonyl (C=O) groups excluding carboxylic acids is 1. The lowest BCUT2D eigenvalue weighted by atomic mass is 9.86. The van der Waals surface area contributed by atoms with E-state index in [1.807, 2.05) is 18.2 Å². The Kier molecular flexibility index (Phi) is 7.02. The zero-order valence-corrected chi connectivity index (χ0v) is 17.1. The van der Waals surface area contributed by atoms with Crippen LogP contribution in [0.2, 0.25) is 0 Å². The van der Waals surface area contributed by atoms with Gasteiger partial charge in [-0.15, -0.1) is 10.2 Å². The molecule has 2 atom stereocenters. The van der Waals surface area contributed by atoms with Gasteiger partial charge in [0.05, 0.1) is 12.9 Å². The summed E-state index contributed by atoms with van der Waals surface area (Å²) in [6, 6.07) is 7.56. The number of benzene rings is 1. The van der Waals surface area contributed by atoms with Gasteiger partial charge in [0, 0.05) is 12.1 Å². The van der Waals surface area contributed by atoms with E-state index >= 15 is 0 Å². The molecule has 28 heavy (non-hydrogen) atoms. The van der Waals surface area contributed by atoms with Crippen LogP contribution < -0.4 is 20.6 Å². The van der Waals surface area contributed by atoms with Gasteiger partial charge in [-0.1, -0.05) is 37.6 Å². The molecule has 0 bridgehead atoms. The van der Waals surface area contributed by atoms with Gasteiger partial charge in [0.1, 0.15) is 18.1 Å². The second-order valence-corrected chi connectivity index (χ2v) is 7.90. The second-order valence-electron chi connectivity index (χ2n) is 6.96. The van der Waals surface area contributed by atoms with Gasteiger partial charge in [-0.3, -0.25) is 4.79 Å². The van der Waals surface area contributed by atoms with Crippen LogP contribution in [0.25, 0.3) is 0 Å². The molecule has 0 aliphatic heterocycles. The number of nitrogen functional groups attached to an aromatic ring is 1. The smallest absolute Gasteiger partial charge is 0.230 e. The first-order valence-corrected chi connectivity index (χ1v) is 10.4. The topological polar surface area (TPSA) is 104 Å². The molecular weight excluding hydrogens is 378 g/mol. The quantitative estimate of drug-likeness (QED) is 0.513. The van der Waals surface area contributed by atoms with E-state index in [-0.39, 0.29) is 24.3 Å². The third-order valence-electron chi connectivity index (χ3n) is 4.93. The van der Waals surface area contributed by atoms with Crippen molar-refractivity contribution in [3.05, 3.63) is 30.1 Å². The number of ether oxygens (including phenoxy) is 2. The SMILES string of the molecule is COc1cccc(OCc2nnc(SCC(=O)N[C@@H]3CCCC[C@H]3C)n2N)c1.